The number of anilines is 1. The van der Waals surface area contributed by atoms with Crippen LogP contribution in [-0.4, -0.2) is 9.78 Å². The molecular formula is C12H15N3. The Morgan fingerprint density at radius 2 is 2.13 bits per heavy atom. The standard InChI is InChI=1S/C12H15N3/c1-3-15-12(7-9(2)14-15)10-5-4-6-11(13)8-10/h4-8H,3,13H2,1-2H3. The van der Waals surface area contributed by atoms with Gasteiger partial charge in [-0.3, -0.25) is 4.68 Å². The molecule has 0 spiro atoms. The second-order valence-electron chi connectivity index (χ2n) is 3.61. The minimum absolute atomic E-state index is 0.786. The van der Waals surface area contributed by atoms with Crippen LogP contribution in [0, 0.1) is 6.92 Å². The summed E-state index contributed by atoms with van der Waals surface area (Å²) in [5, 5.41) is 4.41. The van der Waals surface area contributed by atoms with Crippen LogP contribution in [0.15, 0.2) is 30.3 Å². The van der Waals surface area contributed by atoms with Crippen LogP contribution in [0.5, 0.6) is 0 Å². The molecule has 2 rings (SSSR count). The molecule has 0 radical (unpaired) electrons. The third kappa shape index (κ3) is 1.86. The Hall–Kier alpha value is -1.77. The van der Waals surface area contributed by atoms with Crippen LogP contribution in [-0.2, 0) is 6.54 Å². The van der Waals surface area contributed by atoms with Gasteiger partial charge in [-0.15, -0.1) is 0 Å². The number of hydrogen-bond donors (Lipinski definition) is 1. The molecule has 0 aliphatic carbocycles. The number of nitrogen functional groups attached to an aromatic ring is 1. The number of benzene rings is 1. The average molecular weight is 201 g/mol. The summed E-state index contributed by atoms with van der Waals surface area (Å²) >= 11 is 0. The Morgan fingerprint density at radius 3 is 2.80 bits per heavy atom. The van der Waals surface area contributed by atoms with Crippen molar-refractivity contribution in [3.63, 3.8) is 0 Å². The fraction of sp³-hybridized carbons (Fsp3) is 0.250. The number of hydrogen-bond acceptors (Lipinski definition) is 2. The molecule has 78 valence electrons. The number of rotatable bonds is 2. The van der Waals surface area contributed by atoms with Gasteiger partial charge in [0.15, 0.2) is 0 Å². The maximum absolute atomic E-state index is 5.76. The summed E-state index contributed by atoms with van der Waals surface area (Å²) in [6, 6.07) is 9.97. The molecule has 1 aromatic heterocycles. The van der Waals surface area contributed by atoms with Crippen molar-refractivity contribution in [2.24, 2.45) is 0 Å². The average Bonchev–Trinajstić information content (AvgIpc) is 2.59. The first-order chi connectivity index (χ1) is 7.20. The van der Waals surface area contributed by atoms with Gasteiger partial charge >= 0.3 is 0 Å². The van der Waals surface area contributed by atoms with Crippen LogP contribution in [0.2, 0.25) is 0 Å². The van der Waals surface area contributed by atoms with Crippen molar-refractivity contribution in [3.05, 3.63) is 36.0 Å². The Balaban J connectivity index is 2.53. The summed E-state index contributed by atoms with van der Waals surface area (Å²) in [6.45, 7) is 4.96. The first kappa shape index (κ1) is 9.77. The van der Waals surface area contributed by atoms with E-state index in [1.165, 1.54) is 0 Å². The van der Waals surface area contributed by atoms with Gasteiger partial charge in [-0.05, 0) is 32.0 Å². The van der Waals surface area contributed by atoms with E-state index in [0.29, 0.717) is 0 Å². The van der Waals surface area contributed by atoms with Crippen molar-refractivity contribution in [2.45, 2.75) is 20.4 Å². The van der Waals surface area contributed by atoms with E-state index in [-0.39, 0.29) is 0 Å². The molecule has 2 aromatic rings. The molecule has 0 saturated carbocycles. The number of aromatic nitrogens is 2. The largest absolute Gasteiger partial charge is 0.399 e. The van der Waals surface area contributed by atoms with E-state index in [2.05, 4.69) is 24.2 Å². The molecule has 2 N–H and O–H groups in total. The van der Waals surface area contributed by atoms with Crippen LogP contribution in [0.3, 0.4) is 0 Å². The SMILES string of the molecule is CCn1nc(C)cc1-c1cccc(N)c1. The lowest BCUT2D eigenvalue weighted by Gasteiger charge is -2.04. The molecule has 0 saturated heterocycles. The van der Waals surface area contributed by atoms with Gasteiger partial charge in [-0.2, -0.15) is 5.10 Å². The second-order valence-corrected chi connectivity index (χ2v) is 3.61. The maximum atomic E-state index is 5.76. The van der Waals surface area contributed by atoms with Crippen LogP contribution in [0.4, 0.5) is 5.69 Å². The Bertz CT molecular complexity index is 471. The molecule has 0 aliphatic rings. The predicted molar refractivity (Wildman–Crippen MR) is 62.5 cm³/mol. The van der Waals surface area contributed by atoms with E-state index in [4.69, 9.17) is 5.73 Å². The summed E-state index contributed by atoms with van der Waals surface area (Å²) in [6.07, 6.45) is 0. The van der Waals surface area contributed by atoms with Crippen molar-refractivity contribution in [1.29, 1.82) is 0 Å². The first-order valence-corrected chi connectivity index (χ1v) is 5.11. The molecule has 0 amide bonds. The molecule has 0 fully saturated rings. The van der Waals surface area contributed by atoms with E-state index < -0.39 is 0 Å². The van der Waals surface area contributed by atoms with E-state index >= 15 is 0 Å². The summed E-state index contributed by atoms with van der Waals surface area (Å²) < 4.78 is 1.99. The minimum Gasteiger partial charge on any atom is -0.399 e. The molecule has 0 aliphatic heterocycles. The van der Waals surface area contributed by atoms with E-state index in [0.717, 1.165) is 29.2 Å². The molecule has 3 nitrogen and oxygen atoms in total. The lowest BCUT2D eigenvalue weighted by atomic mass is 10.1. The maximum Gasteiger partial charge on any atom is 0.0685 e. The monoisotopic (exact) mass is 201 g/mol. The highest BCUT2D eigenvalue weighted by Gasteiger charge is 2.06. The quantitative estimate of drug-likeness (QED) is 0.758. The number of nitrogens with two attached hydrogens (primary N) is 1. The highest BCUT2D eigenvalue weighted by molar-refractivity contribution is 5.64. The van der Waals surface area contributed by atoms with Crippen LogP contribution in [0.25, 0.3) is 11.3 Å². The van der Waals surface area contributed by atoms with Crippen LogP contribution in [0.1, 0.15) is 12.6 Å². The van der Waals surface area contributed by atoms with E-state index in [1.54, 1.807) is 0 Å². The van der Waals surface area contributed by atoms with Crippen LogP contribution >= 0.6 is 0 Å². The zero-order valence-electron chi connectivity index (χ0n) is 9.07. The minimum atomic E-state index is 0.786. The lowest BCUT2D eigenvalue weighted by molar-refractivity contribution is 0.660. The van der Waals surface area contributed by atoms with Gasteiger partial charge in [0, 0.05) is 17.8 Å². The van der Waals surface area contributed by atoms with Crippen LogP contribution < -0.4 is 5.73 Å². The van der Waals surface area contributed by atoms with Gasteiger partial charge in [0.2, 0.25) is 0 Å². The molecule has 0 unspecified atom stereocenters. The van der Waals surface area contributed by atoms with Gasteiger partial charge in [-0.25, -0.2) is 0 Å². The number of nitrogens with zero attached hydrogens (tertiary/aromatic N) is 2. The number of aryl methyl sites for hydroxylation is 2. The van der Waals surface area contributed by atoms with Gasteiger partial charge in [0.1, 0.15) is 0 Å². The molecule has 1 aromatic carbocycles. The highest BCUT2D eigenvalue weighted by Crippen LogP contribution is 2.22. The second kappa shape index (κ2) is 3.77. The summed E-state index contributed by atoms with van der Waals surface area (Å²) in [5.41, 5.74) is 9.84. The van der Waals surface area contributed by atoms with Crippen molar-refractivity contribution in [2.75, 3.05) is 5.73 Å². The molecular weight excluding hydrogens is 186 g/mol. The summed E-state index contributed by atoms with van der Waals surface area (Å²) in [5.74, 6) is 0. The van der Waals surface area contributed by atoms with Gasteiger partial charge < -0.3 is 5.73 Å². The molecule has 15 heavy (non-hydrogen) atoms. The Labute approximate surface area is 89.5 Å². The predicted octanol–water partition coefficient (Wildman–Crippen LogP) is 2.46. The fourth-order valence-corrected chi connectivity index (χ4v) is 1.72. The van der Waals surface area contributed by atoms with E-state index in [1.807, 2.05) is 29.8 Å². The summed E-state index contributed by atoms with van der Waals surface area (Å²) in [7, 11) is 0. The van der Waals surface area contributed by atoms with E-state index in [9.17, 15) is 0 Å². The zero-order valence-corrected chi connectivity index (χ0v) is 9.07. The molecule has 0 bridgehead atoms. The van der Waals surface area contributed by atoms with Gasteiger partial charge in [0.05, 0.1) is 11.4 Å². The molecule has 3 heteroatoms. The summed E-state index contributed by atoms with van der Waals surface area (Å²) in [4.78, 5) is 0. The van der Waals surface area contributed by atoms with Crippen molar-refractivity contribution in [1.82, 2.24) is 9.78 Å². The van der Waals surface area contributed by atoms with Crippen molar-refractivity contribution in [3.8, 4) is 11.3 Å². The third-order valence-electron chi connectivity index (χ3n) is 2.38. The van der Waals surface area contributed by atoms with Crippen molar-refractivity contribution >= 4 is 5.69 Å². The lowest BCUT2D eigenvalue weighted by Crippen LogP contribution is -1.99. The normalized spacial score (nSPS) is 10.5. The van der Waals surface area contributed by atoms with Gasteiger partial charge in [-0.1, -0.05) is 12.1 Å². The Kier molecular flexibility index (Phi) is 2.46. The van der Waals surface area contributed by atoms with Crippen molar-refractivity contribution < 1.29 is 0 Å². The smallest absolute Gasteiger partial charge is 0.0685 e. The molecule has 1 heterocycles. The molecule has 0 atom stereocenters. The topological polar surface area (TPSA) is 43.8 Å². The first-order valence-electron chi connectivity index (χ1n) is 5.11. The van der Waals surface area contributed by atoms with Gasteiger partial charge in [0.25, 0.3) is 0 Å². The Morgan fingerprint density at radius 1 is 1.33 bits per heavy atom. The zero-order chi connectivity index (χ0) is 10.8. The fourth-order valence-electron chi connectivity index (χ4n) is 1.72. The third-order valence-corrected chi connectivity index (χ3v) is 2.38. The highest BCUT2D eigenvalue weighted by atomic mass is 15.3.